The van der Waals surface area contributed by atoms with Crippen molar-refractivity contribution in [3.63, 3.8) is 0 Å². The van der Waals surface area contributed by atoms with Gasteiger partial charge in [-0.1, -0.05) is 12.8 Å². The van der Waals surface area contributed by atoms with E-state index in [1.54, 1.807) is 0 Å². The second-order valence-corrected chi connectivity index (χ2v) is 4.42. The van der Waals surface area contributed by atoms with Gasteiger partial charge in [-0.25, -0.2) is 0 Å². The molecule has 2 rings (SSSR count). The van der Waals surface area contributed by atoms with Gasteiger partial charge in [0, 0.05) is 6.42 Å². The number of piperidine rings is 1. The van der Waals surface area contributed by atoms with E-state index in [2.05, 4.69) is 10.2 Å². The number of amides is 2. The van der Waals surface area contributed by atoms with E-state index in [1.165, 1.54) is 25.7 Å². The van der Waals surface area contributed by atoms with Crippen LogP contribution in [0.2, 0.25) is 0 Å². The predicted molar refractivity (Wildman–Crippen MR) is 56.2 cm³/mol. The summed E-state index contributed by atoms with van der Waals surface area (Å²) in [6.07, 6.45) is 6.08. The fourth-order valence-electron chi connectivity index (χ4n) is 2.44. The number of rotatable bonds is 1. The van der Waals surface area contributed by atoms with Gasteiger partial charge in [0.15, 0.2) is 0 Å². The van der Waals surface area contributed by atoms with E-state index < -0.39 is 0 Å². The molecule has 2 saturated heterocycles. The molecule has 1 unspecified atom stereocenters. The average Bonchev–Trinajstić information content (AvgIpc) is 2.46. The standard InChI is InChI=1S/C11H18N2O2/c14-10-6-5-9(11(15)12-10)13-7-3-1-2-4-8-13/h9H,1-8H2,(H,12,14,15). The van der Waals surface area contributed by atoms with Crippen molar-refractivity contribution in [1.29, 1.82) is 0 Å². The Kier molecular flexibility index (Phi) is 3.36. The number of nitrogens with zero attached hydrogens (tertiary/aromatic N) is 1. The van der Waals surface area contributed by atoms with Crippen LogP contribution >= 0.6 is 0 Å². The van der Waals surface area contributed by atoms with Crippen LogP contribution in [0.15, 0.2) is 0 Å². The normalized spacial score (nSPS) is 29.7. The van der Waals surface area contributed by atoms with Crippen LogP contribution in [0.25, 0.3) is 0 Å². The van der Waals surface area contributed by atoms with Gasteiger partial charge < -0.3 is 0 Å². The summed E-state index contributed by atoms with van der Waals surface area (Å²) in [7, 11) is 0. The zero-order chi connectivity index (χ0) is 10.7. The van der Waals surface area contributed by atoms with E-state index in [0.717, 1.165) is 13.1 Å². The van der Waals surface area contributed by atoms with Crippen LogP contribution in [0.3, 0.4) is 0 Å². The zero-order valence-electron chi connectivity index (χ0n) is 9.00. The van der Waals surface area contributed by atoms with Gasteiger partial charge in [-0.3, -0.25) is 19.8 Å². The van der Waals surface area contributed by atoms with Gasteiger partial charge in [0.05, 0.1) is 6.04 Å². The number of hydrogen-bond donors (Lipinski definition) is 1. The summed E-state index contributed by atoms with van der Waals surface area (Å²) in [5, 5.41) is 2.43. The highest BCUT2D eigenvalue weighted by Crippen LogP contribution is 2.17. The van der Waals surface area contributed by atoms with E-state index in [0.29, 0.717) is 12.8 Å². The molecule has 2 amide bonds. The maximum Gasteiger partial charge on any atom is 0.243 e. The number of likely N-dealkylation sites (tertiary alicyclic amines) is 1. The third-order valence-electron chi connectivity index (χ3n) is 3.29. The molecule has 15 heavy (non-hydrogen) atoms. The molecular formula is C11H18N2O2. The molecule has 0 aromatic carbocycles. The van der Waals surface area contributed by atoms with E-state index in [1.807, 2.05) is 0 Å². The number of hydrogen-bond acceptors (Lipinski definition) is 3. The molecule has 0 spiro atoms. The molecule has 4 nitrogen and oxygen atoms in total. The summed E-state index contributed by atoms with van der Waals surface area (Å²) < 4.78 is 0. The summed E-state index contributed by atoms with van der Waals surface area (Å²) in [5.74, 6) is -0.209. The smallest absolute Gasteiger partial charge is 0.243 e. The molecular weight excluding hydrogens is 192 g/mol. The number of carbonyl (C=O) groups excluding carboxylic acids is 2. The second kappa shape index (κ2) is 4.75. The van der Waals surface area contributed by atoms with Gasteiger partial charge in [0.2, 0.25) is 11.8 Å². The monoisotopic (exact) mass is 210 g/mol. The summed E-state index contributed by atoms with van der Waals surface area (Å²) in [5.41, 5.74) is 0. The lowest BCUT2D eigenvalue weighted by Crippen LogP contribution is -2.52. The molecule has 84 valence electrons. The minimum atomic E-state index is -0.119. The molecule has 2 aliphatic rings. The molecule has 4 heteroatoms. The summed E-state index contributed by atoms with van der Waals surface area (Å²) in [4.78, 5) is 24.9. The lowest BCUT2D eigenvalue weighted by atomic mass is 10.0. The molecule has 2 heterocycles. The van der Waals surface area contributed by atoms with Gasteiger partial charge in [0.1, 0.15) is 0 Å². The van der Waals surface area contributed by atoms with Gasteiger partial charge in [-0.05, 0) is 32.4 Å². The summed E-state index contributed by atoms with van der Waals surface area (Å²) in [6, 6.07) is -0.0548. The van der Waals surface area contributed by atoms with Crippen LogP contribution < -0.4 is 5.32 Å². The maximum absolute atomic E-state index is 11.6. The Morgan fingerprint density at radius 2 is 1.73 bits per heavy atom. The fraction of sp³-hybridized carbons (Fsp3) is 0.818. The summed E-state index contributed by atoms with van der Waals surface area (Å²) in [6.45, 7) is 2.01. The Balaban J connectivity index is 1.96. The Labute approximate surface area is 90.0 Å². The molecule has 2 fully saturated rings. The quantitative estimate of drug-likeness (QED) is 0.647. The first kappa shape index (κ1) is 10.6. The number of imide groups is 1. The molecule has 1 N–H and O–H groups in total. The van der Waals surface area contributed by atoms with E-state index in [4.69, 9.17) is 0 Å². The molecule has 0 aromatic heterocycles. The third kappa shape index (κ3) is 2.56. The minimum Gasteiger partial charge on any atom is -0.295 e. The predicted octanol–water partition coefficient (Wildman–Crippen LogP) is 0.668. The Morgan fingerprint density at radius 1 is 1.07 bits per heavy atom. The Bertz CT molecular complexity index is 257. The Morgan fingerprint density at radius 3 is 2.33 bits per heavy atom. The van der Waals surface area contributed by atoms with Crippen molar-refractivity contribution in [2.45, 2.75) is 44.6 Å². The fourth-order valence-corrected chi connectivity index (χ4v) is 2.44. The summed E-state index contributed by atoms with van der Waals surface area (Å²) >= 11 is 0. The molecule has 0 aromatic rings. The SMILES string of the molecule is O=C1CCC(N2CCCCCC2)C(=O)N1. The minimum absolute atomic E-state index is 0.0548. The van der Waals surface area contributed by atoms with Crippen molar-refractivity contribution in [2.75, 3.05) is 13.1 Å². The highest BCUT2D eigenvalue weighted by molar-refractivity contribution is 6.00. The number of carbonyl (C=O) groups is 2. The van der Waals surface area contributed by atoms with Crippen molar-refractivity contribution >= 4 is 11.8 Å². The van der Waals surface area contributed by atoms with Gasteiger partial charge in [0.25, 0.3) is 0 Å². The van der Waals surface area contributed by atoms with Gasteiger partial charge in [-0.2, -0.15) is 0 Å². The lowest BCUT2D eigenvalue weighted by Gasteiger charge is -2.31. The number of nitrogens with one attached hydrogen (secondary N) is 1. The van der Waals surface area contributed by atoms with Gasteiger partial charge >= 0.3 is 0 Å². The van der Waals surface area contributed by atoms with Crippen molar-refractivity contribution in [1.82, 2.24) is 10.2 Å². The van der Waals surface area contributed by atoms with E-state index >= 15 is 0 Å². The highest BCUT2D eigenvalue weighted by atomic mass is 16.2. The maximum atomic E-state index is 11.6. The second-order valence-electron chi connectivity index (χ2n) is 4.42. The van der Waals surface area contributed by atoms with Gasteiger partial charge in [-0.15, -0.1) is 0 Å². The highest BCUT2D eigenvalue weighted by Gasteiger charge is 2.31. The molecule has 1 atom stereocenters. The van der Waals surface area contributed by atoms with Crippen LogP contribution in [0, 0.1) is 0 Å². The van der Waals surface area contributed by atoms with E-state index in [-0.39, 0.29) is 17.9 Å². The molecule has 0 aliphatic carbocycles. The van der Waals surface area contributed by atoms with E-state index in [9.17, 15) is 9.59 Å². The molecule has 0 saturated carbocycles. The van der Waals surface area contributed by atoms with Crippen molar-refractivity contribution < 1.29 is 9.59 Å². The molecule has 2 aliphatic heterocycles. The van der Waals surface area contributed by atoms with Crippen molar-refractivity contribution in [2.24, 2.45) is 0 Å². The topological polar surface area (TPSA) is 49.4 Å². The average molecular weight is 210 g/mol. The van der Waals surface area contributed by atoms with Crippen molar-refractivity contribution in [3.05, 3.63) is 0 Å². The Hall–Kier alpha value is -0.900. The largest absolute Gasteiger partial charge is 0.295 e. The van der Waals surface area contributed by atoms with Crippen LogP contribution in [0.4, 0.5) is 0 Å². The molecule has 0 bridgehead atoms. The molecule has 0 radical (unpaired) electrons. The third-order valence-corrected chi connectivity index (χ3v) is 3.29. The first-order valence-electron chi connectivity index (χ1n) is 5.85. The zero-order valence-corrected chi connectivity index (χ0v) is 9.00. The van der Waals surface area contributed by atoms with Crippen LogP contribution in [-0.2, 0) is 9.59 Å². The van der Waals surface area contributed by atoms with Crippen LogP contribution in [-0.4, -0.2) is 35.8 Å². The lowest BCUT2D eigenvalue weighted by molar-refractivity contribution is -0.137. The van der Waals surface area contributed by atoms with Crippen molar-refractivity contribution in [3.8, 4) is 0 Å². The first-order valence-corrected chi connectivity index (χ1v) is 5.85. The first-order chi connectivity index (χ1) is 7.27. The van der Waals surface area contributed by atoms with Crippen LogP contribution in [0.5, 0.6) is 0 Å². The van der Waals surface area contributed by atoms with Crippen LogP contribution in [0.1, 0.15) is 38.5 Å².